The van der Waals surface area contributed by atoms with E-state index in [4.69, 9.17) is 5.11 Å². The van der Waals surface area contributed by atoms with E-state index < -0.39 is 11.9 Å². The third-order valence-electron chi connectivity index (χ3n) is 2.80. The van der Waals surface area contributed by atoms with Gasteiger partial charge in [-0.1, -0.05) is 13.0 Å². The van der Waals surface area contributed by atoms with Gasteiger partial charge < -0.3 is 15.7 Å². The lowest BCUT2D eigenvalue weighted by Gasteiger charge is -2.11. The topological polar surface area (TPSA) is 78.4 Å². The number of urea groups is 1. The molecule has 0 saturated heterocycles. The fraction of sp³-hybridized carbons (Fsp3) is 0.385. The van der Waals surface area contributed by atoms with Crippen molar-refractivity contribution >= 4 is 40.3 Å². The minimum Gasteiger partial charge on any atom is -0.481 e. The maximum atomic E-state index is 11.7. The van der Waals surface area contributed by atoms with Crippen molar-refractivity contribution in [3.05, 3.63) is 27.3 Å². The van der Waals surface area contributed by atoms with Gasteiger partial charge >= 0.3 is 12.0 Å². The molecular weight excluding hydrogens is 359 g/mol. The van der Waals surface area contributed by atoms with Crippen LogP contribution < -0.4 is 10.6 Å². The summed E-state index contributed by atoms with van der Waals surface area (Å²) in [5.41, 5.74) is 1.77. The molecule has 0 aliphatic heterocycles. The lowest BCUT2D eigenvalue weighted by molar-refractivity contribution is -0.141. The molecular formula is C13H17IN2O3. The van der Waals surface area contributed by atoms with Crippen molar-refractivity contribution in [1.29, 1.82) is 0 Å². The Kier molecular flexibility index (Phi) is 6.07. The number of halogens is 1. The third-order valence-corrected chi connectivity index (χ3v) is 3.97. The molecule has 3 N–H and O–H groups in total. The van der Waals surface area contributed by atoms with Crippen LogP contribution in [0.1, 0.15) is 18.9 Å². The Labute approximate surface area is 125 Å². The second-order valence-corrected chi connectivity index (χ2v) is 5.48. The Morgan fingerprint density at radius 3 is 2.74 bits per heavy atom. The van der Waals surface area contributed by atoms with E-state index in [0.717, 1.165) is 14.8 Å². The van der Waals surface area contributed by atoms with Crippen LogP contribution in [0.5, 0.6) is 0 Å². The minimum absolute atomic E-state index is 0.317. The average molecular weight is 376 g/mol. The first-order valence-corrected chi connectivity index (χ1v) is 7.02. The largest absolute Gasteiger partial charge is 0.481 e. The van der Waals surface area contributed by atoms with Crippen LogP contribution in [0.2, 0.25) is 0 Å². The van der Waals surface area contributed by atoms with Gasteiger partial charge in [-0.2, -0.15) is 0 Å². The van der Waals surface area contributed by atoms with Crippen molar-refractivity contribution in [2.45, 2.75) is 20.3 Å². The van der Waals surface area contributed by atoms with E-state index in [1.165, 1.54) is 0 Å². The molecule has 0 spiro atoms. The smallest absolute Gasteiger partial charge is 0.319 e. The molecule has 1 aromatic rings. The molecule has 0 bridgehead atoms. The van der Waals surface area contributed by atoms with Crippen molar-refractivity contribution < 1.29 is 14.7 Å². The van der Waals surface area contributed by atoms with Crippen molar-refractivity contribution in [2.24, 2.45) is 5.92 Å². The molecule has 1 unspecified atom stereocenters. The number of carbonyl (C=O) groups is 2. The Balaban J connectivity index is 2.43. The molecule has 5 nitrogen and oxygen atoms in total. The van der Waals surface area contributed by atoms with E-state index in [9.17, 15) is 9.59 Å². The number of carboxylic acid groups (broad SMARTS) is 1. The van der Waals surface area contributed by atoms with Crippen molar-refractivity contribution in [1.82, 2.24) is 5.32 Å². The highest BCUT2D eigenvalue weighted by Crippen LogP contribution is 2.20. The van der Waals surface area contributed by atoms with Crippen LogP contribution in [0.4, 0.5) is 10.5 Å². The summed E-state index contributed by atoms with van der Waals surface area (Å²) in [5.74, 6) is -1.31. The summed E-state index contributed by atoms with van der Waals surface area (Å²) in [6.45, 7) is 3.89. The summed E-state index contributed by atoms with van der Waals surface area (Å²) < 4.78 is 1.08. The highest BCUT2D eigenvalue weighted by atomic mass is 127. The molecule has 2 amide bonds. The first kappa shape index (κ1) is 15.7. The lowest BCUT2D eigenvalue weighted by Crippen LogP contribution is -2.31. The molecule has 1 atom stereocenters. The zero-order chi connectivity index (χ0) is 14.4. The van der Waals surface area contributed by atoms with Gasteiger partial charge in [0.25, 0.3) is 0 Å². The molecule has 104 valence electrons. The van der Waals surface area contributed by atoms with Gasteiger partial charge in [-0.15, -0.1) is 0 Å². The molecule has 1 aromatic carbocycles. The highest BCUT2D eigenvalue weighted by Gasteiger charge is 2.11. The van der Waals surface area contributed by atoms with Crippen LogP contribution in [0.3, 0.4) is 0 Å². The first-order valence-electron chi connectivity index (χ1n) is 5.94. The first-order chi connectivity index (χ1) is 8.91. The number of hydrogen-bond donors (Lipinski definition) is 3. The number of carboxylic acids is 1. The van der Waals surface area contributed by atoms with Crippen LogP contribution >= 0.6 is 22.6 Å². The van der Waals surface area contributed by atoms with Gasteiger partial charge in [-0.3, -0.25) is 4.79 Å². The summed E-state index contributed by atoms with van der Waals surface area (Å²) in [6.07, 6.45) is 0.411. The van der Waals surface area contributed by atoms with Crippen molar-refractivity contribution in [3.63, 3.8) is 0 Å². The Morgan fingerprint density at radius 1 is 1.42 bits per heavy atom. The van der Waals surface area contributed by atoms with Gasteiger partial charge in [0.15, 0.2) is 0 Å². The van der Waals surface area contributed by atoms with E-state index in [1.54, 1.807) is 6.92 Å². The van der Waals surface area contributed by atoms with E-state index in [-0.39, 0.29) is 6.03 Å². The van der Waals surface area contributed by atoms with Crippen LogP contribution in [-0.2, 0) is 4.79 Å². The molecule has 0 aliphatic rings. The standard InChI is InChI=1S/C13H17IN2O3/c1-8(12(17)18)6-7-15-13(19)16-11-5-3-4-10(14)9(11)2/h3-5,8H,6-7H2,1-2H3,(H,17,18)(H2,15,16,19). The van der Waals surface area contributed by atoms with Gasteiger partial charge in [0.2, 0.25) is 0 Å². The molecule has 0 aliphatic carbocycles. The SMILES string of the molecule is Cc1c(I)cccc1NC(=O)NCCC(C)C(=O)O. The number of anilines is 1. The van der Waals surface area contributed by atoms with Crippen LogP contribution in [0.15, 0.2) is 18.2 Å². The number of rotatable bonds is 5. The fourth-order valence-corrected chi connectivity index (χ4v) is 1.93. The zero-order valence-corrected chi connectivity index (χ0v) is 13.0. The molecule has 0 radical (unpaired) electrons. The predicted octanol–water partition coefficient (Wildman–Crippen LogP) is 2.83. The van der Waals surface area contributed by atoms with E-state index in [0.29, 0.717) is 13.0 Å². The summed E-state index contributed by atoms with van der Waals surface area (Å²) in [4.78, 5) is 22.3. The van der Waals surface area contributed by atoms with Gasteiger partial charge in [0.1, 0.15) is 0 Å². The van der Waals surface area contributed by atoms with Gasteiger partial charge in [0, 0.05) is 15.8 Å². The maximum absolute atomic E-state index is 11.7. The van der Waals surface area contributed by atoms with Crippen LogP contribution in [0, 0.1) is 16.4 Å². The quantitative estimate of drug-likeness (QED) is 0.692. The Hall–Kier alpha value is -1.31. The molecule has 0 aromatic heterocycles. The molecule has 0 saturated carbocycles. The second kappa shape index (κ2) is 7.32. The van der Waals surface area contributed by atoms with E-state index >= 15 is 0 Å². The van der Waals surface area contributed by atoms with E-state index in [1.807, 2.05) is 25.1 Å². The number of benzene rings is 1. The maximum Gasteiger partial charge on any atom is 0.319 e. The number of carbonyl (C=O) groups excluding carboxylic acids is 1. The van der Waals surface area contributed by atoms with E-state index in [2.05, 4.69) is 33.2 Å². The third kappa shape index (κ3) is 5.06. The van der Waals surface area contributed by atoms with Gasteiger partial charge in [-0.05, 0) is 53.6 Å². The second-order valence-electron chi connectivity index (χ2n) is 4.32. The number of aliphatic carboxylic acids is 1. The van der Waals surface area contributed by atoms with Crippen molar-refractivity contribution in [2.75, 3.05) is 11.9 Å². The minimum atomic E-state index is -0.851. The number of nitrogens with one attached hydrogen (secondary N) is 2. The summed E-state index contributed by atoms with van der Waals surface area (Å²) in [7, 11) is 0. The zero-order valence-electron chi connectivity index (χ0n) is 10.9. The monoisotopic (exact) mass is 376 g/mol. The Morgan fingerprint density at radius 2 is 2.11 bits per heavy atom. The van der Waals surface area contributed by atoms with Crippen molar-refractivity contribution in [3.8, 4) is 0 Å². The molecule has 0 heterocycles. The lowest BCUT2D eigenvalue weighted by atomic mass is 10.1. The predicted molar refractivity (Wildman–Crippen MR) is 82.3 cm³/mol. The normalized spacial score (nSPS) is 11.7. The molecule has 0 fully saturated rings. The van der Waals surface area contributed by atoms with Crippen LogP contribution in [0.25, 0.3) is 0 Å². The fourth-order valence-electron chi connectivity index (χ4n) is 1.44. The number of amides is 2. The van der Waals surface area contributed by atoms with Crippen LogP contribution in [-0.4, -0.2) is 23.7 Å². The Bertz CT molecular complexity index is 477. The molecule has 6 heteroatoms. The summed E-state index contributed by atoms with van der Waals surface area (Å²) >= 11 is 2.20. The summed E-state index contributed by atoms with van der Waals surface area (Å²) in [6, 6.07) is 5.35. The molecule has 1 rings (SSSR count). The molecule has 19 heavy (non-hydrogen) atoms. The highest BCUT2D eigenvalue weighted by molar-refractivity contribution is 14.1. The average Bonchev–Trinajstić information content (AvgIpc) is 2.34. The number of hydrogen-bond acceptors (Lipinski definition) is 2. The van der Waals surface area contributed by atoms with Gasteiger partial charge in [0.05, 0.1) is 5.92 Å². The summed E-state index contributed by atoms with van der Waals surface area (Å²) in [5, 5.41) is 14.1. The van der Waals surface area contributed by atoms with Gasteiger partial charge in [-0.25, -0.2) is 4.79 Å².